The Morgan fingerprint density at radius 3 is 2.74 bits per heavy atom. The third-order valence-electron chi connectivity index (χ3n) is 10.9. The van der Waals surface area contributed by atoms with Crippen LogP contribution in [0, 0.1) is 11.2 Å². The van der Waals surface area contributed by atoms with Gasteiger partial charge in [0.15, 0.2) is 5.82 Å². The fraction of sp³-hybridized carbons (Fsp3) is 0.606. The largest absolute Gasteiger partial charge is 0.508 e. The van der Waals surface area contributed by atoms with Crippen LogP contribution < -0.4 is 9.64 Å². The number of hydrogen-bond acceptors (Lipinski definition) is 8. The third-order valence-corrected chi connectivity index (χ3v) is 10.9. The maximum atomic E-state index is 16.7. The third kappa shape index (κ3) is 4.55. The Bertz CT molecular complexity index is 1570. The van der Waals surface area contributed by atoms with Crippen molar-refractivity contribution < 1.29 is 23.4 Å². The molecule has 4 fully saturated rings. The van der Waals surface area contributed by atoms with Gasteiger partial charge in [-0.3, -0.25) is 9.88 Å². The number of pyridine rings is 1. The molecule has 0 amide bonds. The van der Waals surface area contributed by atoms with Crippen molar-refractivity contribution in [1.82, 2.24) is 19.9 Å². The van der Waals surface area contributed by atoms with Crippen LogP contribution in [-0.4, -0.2) is 82.7 Å². The number of nitrogens with zero attached hydrogens (tertiary/aromatic N) is 5. The first kappa shape index (κ1) is 27.4. The summed E-state index contributed by atoms with van der Waals surface area (Å²) in [7, 11) is 0. The fourth-order valence-corrected chi connectivity index (χ4v) is 8.46. The number of hydrogen-bond donors (Lipinski definition) is 1. The Labute approximate surface area is 250 Å². The van der Waals surface area contributed by atoms with Crippen molar-refractivity contribution in [3.8, 4) is 23.0 Å². The number of alkyl halides is 1. The van der Waals surface area contributed by atoms with E-state index in [2.05, 4.69) is 26.7 Å². The minimum atomic E-state index is -0.866. The molecule has 3 atom stereocenters. The summed E-state index contributed by atoms with van der Waals surface area (Å²) in [4.78, 5) is 18.5. The van der Waals surface area contributed by atoms with Gasteiger partial charge >= 0.3 is 6.01 Å². The lowest BCUT2D eigenvalue weighted by Gasteiger charge is -2.47. The maximum absolute atomic E-state index is 16.7. The zero-order valence-electron chi connectivity index (χ0n) is 24.7. The Morgan fingerprint density at radius 2 is 1.95 bits per heavy atom. The van der Waals surface area contributed by atoms with Crippen molar-refractivity contribution in [3.05, 3.63) is 35.3 Å². The molecule has 4 saturated heterocycles. The number of phenols is 1. The molecule has 0 bridgehead atoms. The summed E-state index contributed by atoms with van der Waals surface area (Å²) in [6, 6.07) is 3.54. The molecule has 1 aromatic carbocycles. The fourth-order valence-electron chi connectivity index (χ4n) is 8.46. The second-order valence-electron chi connectivity index (χ2n) is 13.7. The molecule has 3 aromatic rings. The van der Waals surface area contributed by atoms with Gasteiger partial charge in [0.2, 0.25) is 0 Å². The Kier molecular flexibility index (Phi) is 6.53. The predicted octanol–water partition coefficient (Wildman–Crippen LogP) is 5.55. The summed E-state index contributed by atoms with van der Waals surface area (Å²) in [5.41, 5.74) is 2.93. The number of aryl methyl sites for hydroxylation is 1. The first-order valence-electron chi connectivity index (χ1n) is 15.9. The number of phenolic OH excluding ortho intramolecular Hbond substituents is 1. The molecule has 8 nitrogen and oxygen atoms in total. The zero-order valence-corrected chi connectivity index (χ0v) is 24.7. The van der Waals surface area contributed by atoms with Gasteiger partial charge in [0.25, 0.3) is 0 Å². The number of ether oxygens (including phenoxy) is 2. The van der Waals surface area contributed by atoms with Crippen LogP contribution in [0.15, 0.2) is 18.3 Å². The average molecular weight is 592 g/mol. The van der Waals surface area contributed by atoms with Crippen molar-refractivity contribution in [1.29, 1.82) is 0 Å². The number of piperidine rings is 1. The summed E-state index contributed by atoms with van der Waals surface area (Å²) in [5.74, 6) is 0.422. The van der Waals surface area contributed by atoms with Crippen LogP contribution in [-0.2, 0) is 11.2 Å². The van der Waals surface area contributed by atoms with Crippen LogP contribution >= 0.6 is 0 Å². The van der Waals surface area contributed by atoms with Gasteiger partial charge in [0.05, 0.1) is 24.1 Å². The van der Waals surface area contributed by atoms with Gasteiger partial charge in [-0.05, 0) is 80.7 Å². The summed E-state index contributed by atoms with van der Waals surface area (Å²) in [6.45, 7) is 6.85. The highest BCUT2D eigenvalue weighted by molar-refractivity contribution is 5.92. The van der Waals surface area contributed by atoms with Gasteiger partial charge < -0.3 is 19.5 Å². The van der Waals surface area contributed by atoms with Gasteiger partial charge in [-0.1, -0.05) is 6.92 Å². The van der Waals surface area contributed by atoms with E-state index < -0.39 is 12.0 Å². The number of aromatic nitrogens is 3. The topological polar surface area (TPSA) is 83.8 Å². The number of anilines is 1. The molecule has 1 N–H and O–H groups in total. The van der Waals surface area contributed by atoms with Crippen LogP contribution in [0.5, 0.6) is 11.8 Å². The molecule has 10 heteroatoms. The minimum absolute atomic E-state index is 0.112. The number of halogens is 2. The van der Waals surface area contributed by atoms with E-state index in [1.165, 1.54) is 0 Å². The second-order valence-corrected chi connectivity index (χ2v) is 13.7. The van der Waals surface area contributed by atoms with Gasteiger partial charge in [-0.2, -0.15) is 9.97 Å². The summed E-state index contributed by atoms with van der Waals surface area (Å²) in [5, 5.41) is 11.1. The molecule has 0 saturated carbocycles. The molecular weight excluding hydrogens is 552 g/mol. The molecule has 4 aliphatic heterocycles. The van der Waals surface area contributed by atoms with Gasteiger partial charge in [-0.25, -0.2) is 8.78 Å². The molecular formula is C33H39F2N5O3. The van der Waals surface area contributed by atoms with E-state index in [4.69, 9.17) is 14.5 Å². The van der Waals surface area contributed by atoms with E-state index in [-0.39, 0.29) is 46.4 Å². The van der Waals surface area contributed by atoms with Gasteiger partial charge in [0, 0.05) is 43.2 Å². The highest BCUT2D eigenvalue weighted by atomic mass is 19.1. The smallest absolute Gasteiger partial charge is 0.319 e. The molecule has 1 spiro atoms. The Hall–Kier alpha value is -3.11. The molecule has 0 radical (unpaired) electrons. The number of aromatic hydroxyl groups is 1. The first-order chi connectivity index (χ1) is 20.8. The van der Waals surface area contributed by atoms with Gasteiger partial charge in [0.1, 0.15) is 35.6 Å². The Balaban J connectivity index is 1.21. The molecule has 6 heterocycles. The number of benzene rings is 1. The molecule has 1 aliphatic carbocycles. The van der Waals surface area contributed by atoms with Gasteiger partial charge in [-0.15, -0.1) is 0 Å². The lowest BCUT2D eigenvalue weighted by molar-refractivity contribution is -0.124. The summed E-state index contributed by atoms with van der Waals surface area (Å²) < 4.78 is 43.0. The van der Waals surface area contributed by atoms with Crippen molar-refractivity contribution in [2.45, 2.75) is 75.9 Å². The maximum Gasteiger partial charge on any atom is 0.319 e. The number of rotatable bonds is 5. The molecule has 5 aliphatic rings. The van der Waals surface area contributed by atoms with E-state index in [1.54, 1.807) is 18.3 Å². The van der Waals surface area contributed by atoms with Crippen LogP contribution in [0.3, 0.4) is 0 Å². The quantitative estimate of drug-likeness (QED) is 0.414. The van der Waals surface area contributed by atoms with Crippen molar-refractivity contribution in [3.63, 3.8) is 0 Å². The summed E-state index contributed by atoms with van der Waals surface area (Å²) >= 11 is 0. The summed E-state index contributed by atoms with van der Waals surface area (Å²) in [6.07, 6.45) is 7.97. The van der Waals surface area contributed by atoms with Crippen molar-refractivity contribution in [2.75, 3.05) is 50.9 Å². The van der Waals surface area contributed by atoms with E-state index in [0.717, 1.165) is 88.9 Å². The van der Waals surface area contributed by atoms with Crippen molar-refractivity contribution in [2.24, 2.45) is 5.41 Å². The lowest BCUT2D eigenvalue weighted by Crippen LogP contribution is -2.51. The predicted molar refractivity (Wildman–Crippen MR) is 159 cm³/mol. The highest BCUT2D eigenvalue weighted by Crippen LogP contribution is 2.44. The van der Waals surface area contributed by atoms with E-state index >= 15 is 4.39 Å². The standard InChI is InChI=1S/C33H39F2N5O3/c1-20-4-2-5-21-12-23(41)13-24(26(20)21)28-27(35)29-25(15-36-28)30(39-10-7-32(8-11-39)17-42-18-32)38-31(37-29)43-19-33-6-3-9-40(33)16-22(34)14-33/h12-13,15,20,22,41H,2-11,14,16-19H2,1H3/t20?,22-,33+/m1/s1. The molecule has 8 rings (SSSR count). The van der Waals surface area contributed by atoms with E-state index in [1.807, 2.05) is 0 Å². The zero-order chi connectivity index (χ0) is 29.3. The van der Waals surface area contributed by atoms with Crippen LogP contribution in [0.2, 0.25) is 0 Å². The average Bonchev–Trinajstić information content (AvgIpc) is 3.50. The van der Waals surface area contributed by atoms with E-state index in [9.17, 15) is 9.50 Å². The lowest BCUT2D eigenvalue weighted by atomic mass is 9.77. The minimum Gasteiger partial charge on any atom is -0.508 e. The molecule has 1 unspecified atom stereocenters. The first-order valence-corrected chi connectivity index (χ1v) is 15.9. The molecule has 43 heavy (non-hydrogen) atoms. The van der Waals surface area contributed by atoms with Crippen LogP contribution in [0.25, 0.3) is 22.2 Å². The normalized spacial score (nSPS) is 28.2. The van der Waals surface area contributed by atoms with Crippen LogP contribution in [0.1, 0.15) is 68.9 Å². The molecule has 228 valence electrons. The second kappa shape index (κ2) is 10.2. The number of fused-ring (bicyclic) bond motifs is 3. The highest BCUT2D eigenvalue weighted by Gasteiger charge is 2.49. The van der Waals surface area contributed by atoms with E-state index in [0.29, 0.717) is 29.7 Å². The van der Waals surface area contributed by atoms with Crippen molar-refractivity contribution >= 4 is 16.7 Å². The molecule has 2 aromatic heterocycles. The van der Waals surface area contributed by atoms with Crippen LogP contribution in [0.4, 0.5) is 14.6 Å². The monoisotopic (exact) mass is 591 g/mol. The SMILES string of the molecule is CC1CCCc2cc(O)cc(-c3ncc4c(N5CCC6(CC5)COC6)nc(OC[C@@]56CCCN5C[C@H](F)C6)nc4c3F)c21. The Morgan fingerprint density at radius 1 is 1.12 bits per heavy atom.